The van der Waals surface area contributed by atoms with Crippen LogP contribution in [0.3, 0.4) is 0 Å². The van der Waals surface area contributed by atoms with E-state index in [1.54, 1.807) is 0 Å². The van der Waals surface area contributed by atoms with E-state index in [-0.39, 0.29) is 18.1 Å². The van der Waals surface area contributed by atoms with Crippen molar-refractivity contribution in [3.63, 3.8) is 0 Å². The molecule has 1 saturated heterocycles. The van der Waals surface area contributed by atoms with Gasteiger partial charge in [-0.1, -0.05) is 0 Å². The Hall–Kier alpha value is 0.570. The molecule has 102 valence electrons. The average molecular weight is 321 g/mol. The van der Waals surface area contributed by atoms with E-state index >= 15 is 0 Å². The van der Waals surface area contributed by atoms with E-state index in [9.17, 15) is 0 Å². The third-order valence-corrected chi connectivity index (χ3v) is 8.02. The van der Waals surface area contributed by atoms with Crippen molar-refractivity contribution in [2.75, 3.05) is 0 Å². The van der Waals surface area contributed by atoms with Crippen LogP contribution in [0, 0.1) is 0 Å². The van der Waals surface area contributed by atoms with Gasteiger partial charge in [0, 0.05) is 0 Å². The number of guanidine groups is 1. The SMILES string of the molecule is CC(C)N=C1N(C(C)C)P(Cl)(Cl)(Cl)N1C(C)C. The van der Waals surface area contributed by atoms with Crippen LogP contribution >= 0.6 is 38.7 Å². The molecule has 0 saturated carbocycles. The van der Waals surface area contributed by atoms with Gasteiger partial charge in [0.1, 0.15) is 0 Å². The molecule has 0 aliphatic carbocycles. The Bertz CT molecular complexity index is 311. The predicted molar refractivity (Wildman–Crippen MR) is 81.0 cm³/mol. The first-order valence-corrected chi connectivity index (χ1v) is 10.7. The second kappa shape index (κ2) is 4.59. The van der Waals surface area contributed by atoms with Crippen LogP contribution in [-0.4, -0.2) is 33.4 Å². The van der Waals surface area contributed by atoms with Crippen LogP contribution in [0.2, 0.25) is 0 Å². The van der Waals surface area contributed by atoms with E-state index in [0.29, 0.717) is 0 Å². The first-order chi connectivity index (χ1) is 7.47. The van der Waals surface area contributed by atoms with Gasteiger partial charge in [-0.3, -0.25) is 0 Å². The van der Waals surface area contributed by atoms with Crippen molar-refractivity contribution < 1.29 is 0 Å². The molecule has 0 aromatic carbocycles. The van der Waals surface area contributed by atoms with E-state index in [1.165, 1.54) is 0 Å². The van der Waals surface area contributed by atoms with Crippen LogP contribution in [0.5, 0.6) is 0 Å². The molecule has 0 aromatic heterocycles. The summed E-state index contributed by atoms with van der Waals surface area (Å²) >= 11 is 19.5. The molecule has 0 aromatic rings. The molecule has 1 aliphatic rings. The summed E-state index contributed by atoms with van der Waals surface area (Å²) in [6.07, 6.45) is 0. The Balaban J connectivity index is 3.21. The molecule has 1 fully saturated rings. The van der Waals surface area contributed by atoms with Crippen molar-refractivity contribution in [3.05, 3.63) is 0 Å². The van der Waals surface area contributed by atoms with Crippen LogP contribution in [0.4, 0.5) is 0 Å². The molecule has 0 spiro atoms. The zero-order chi connectivity index (χ0) is 13.6. The van der Waals surface area contributed by atoms with Crippen molar-refractivity contribution in [1.82, 2.24) is 9.34 Å². The van der Waals surface area contributed by atoms with Crippen molar-refractivity contribution in [2.45, 2.75) is 59.7 Å². The molecule has 0 radical (unpaired) electrons. The van der Waals surface area contributed by atoms with Crippen molar-refractivity contribution in [2.24, 2.45) is 4.99 Å². The van der Waals surface area contributed by atoms with Gasteiger partial charge in [0.15, 0.2) is 0 Å². The molecule has 0 N–H and O–H groups in total. The molecule has 1 heterocycles. The number of aliphatic imine (C=N–C) groups is 1. The Morgan fingerprint density at radius 2 is 1.24 bits per heavy atom. The Kier molecular flexibility index (Phi) is 4.22. The summed E-state index contributed by atoms with van der Waals surface area (Å²) in [5.41, 5.74) is 0. The Morgan fingerprint density at radius 1 is 0.882 bits per heavy atom. The van der Waals surface area contributed by atoms with Crippen LogP contribution in [0.15, 0.2) is 4.99 Å². The normalized spacial score (nSPS) is 24.9. The topological polar surface area (TPSA) is 18.8 Å². The number of hydrogen-bond donors (Lipinski definition) is 0. The summed E-state index contributed by atoms with van der Waals surface area (Å²) in [5, 5.41) is 0. The van der Waals surface area contributed by atoms with Gasteiger partial charge in [-0.15, -0.1) is 0 Å². The zero-order valence-electron chi connectivity index (χ0n) is 11.2. The maximum absolute atomic E-state index is 6.49. The van der Waals surface area contributed by atoms with Gasteiger partial charge in [-0.2, -0.15) is 0 Å². The molecule has 3 nitrogen and oxygen atoms in total. The van der Waals surface area contributed by atoms with Crippen LogP contribution in [-0.2, 0) is 0 Å². The molecular formula is C10H21Cl3N3P. The van der Waals surface area contributed by atoms with E-state index in [4.69, 9.17) is 33.7 Å². The first kappa shape index (κ1) is 15.6. The predicted octanol–water partition coefficient (Wildman–Crippen LogP) is 5.03. The fraction of sp³-hybridized carbons (Fsp3) is 0.900. The monoisotopic (exact) mass is 319 g/mol. The van der Waals surface area contributed by atoms with E-state index in [2.05, 4.69) is 4.99 Å². The summed E-state index contributed by atoms with van der Waals surface area (Å²) in [4.78, 5) is 1.09. The van der Waals surface area contributed by atoms with E-state index in [0.717, 1.165) is 5.96 Å². The zero-order valence-corrected chi connectivity index (χ0v) is 14.3. The number of halogens is 3. The van der Waals surface area contributed by atoms with Gasteiger partial charge in [0.05, 0.1) is 0 Å². The maximum atomic E-state index is 6.49. The summed E-state index contributed by atoms with van der Waals surface area (Å²) < 4.78 is 3.71. The molecule has 0 unspecified atom stereocenters. The number of rotatable bonds is 3. The van der Waals surface area contributed by atoms with Gasteiger partial charge >= 0.3 is 119 Å². The van der Waals surface area contributed by atoms with Crippen molar-refractivity contribution in [1.29, 1.82) is 0 Å². The summed E-state index contributed by atoms with van der Waals surface area (Å²) in [6.45, 7) is 12.1. The van der Waals surface area contributed by atoms with E-state index < -0.39 is 4.96 Å². The third kappa shape index (κ3) is 2.63. The Morgan fingerprint density at radius 3 is 1.47 bits per heavy atom. The standard InChI is InChI=1S/C10H21Cl3N3P/c1-7(2)14-10-15(8(3)4)17(11,12,13)16(10)9(5)6/h7-9H,1-6H3. The van der Waals surface area contributed by atoms with Gasteiger partial charge in [0.2, 0.25) is 0 Å². The first-order valence-electron chi connectivity index (χ1n) is 5.82. The number of nitrogens with zero attached hydrogens (tertiary/aromatic N) is 3. The van der Waals surface area contributed by atoms with Crippen LogP contribution in [0.1, 0.15) is 41.5 Å². The minimum absolute atomic E-state index is 0.132. The molecule has 0 atom stereocenters. The van der Waals surface area contributed by atoms with Crippen molar-refractivity contribution >= 4 is 44.6 Å². The average Bonchev–Trinajstić information content (AvgIpc) is 1.95. The molecule has 0 amide bonds. The fourth-order valence-electron chi connectivity index (χ4n) is 2.00. The quantitative estimate of drug-likeness (QED) is 0.679. The van der Waals surface area contributed by atoms with E-state index in [1.807, 2.05) is 50.9 Å². The Labute approximate surface area is 119 Å². The molecule has 1 aliphatic heterocycles. The fourth-order valence-corrected chi connectivity index (χ4v) is 8.76. The van der Waals surface area contributed by atoms with Gasteiger partial charge in [0.25, 0.3) is 0 Å². The summed E-state index contributed by atoms with van der Waals surface area (Å²) in [7, 11) is 0. The molecule has 0 bridgehead atoms. The number of hydrogen-bond acceptors (Lipinski definition) is 1. The molecule has 7 heteroatoms. The molecular weight excluding hydrogens is 299 g/mol. The van der Waals surface area contributed by atoms with Crippen LogP contribution in [0.25, 0.3) is 0 Å². The van der Waals surface area contributed by atoms with Crippen molar-refractivity contribution in [3.8, 4) is 0 Å². The summed E-state index contributed by atoms with van der Waals surface area (Å²) in [5.74, 6) is 0.808. The second-order valence-corrected chi connectivity index (χ2v) is 14.8. The van der Waals surface area contributed by atoms with Crippen LogP contribution < -0.4 is 0 Å². The minimum atomic E-state index is -3.49. The van der Waals surface area contributed by atoms with Gasteiger partial charge in [-0.25, -0.2) is 0 Å². The van der Waals surface area contributed by atoms with Gasteiger partial charge < -0.3 is 0 Å². The third-order valence-electron chi connectivity index (χ3n) is 2.44. The summed E-state index contributed by atoms with van der Waals surface area (Å²) in [6, 6.07) is 0.449. The second-order valence-electron chi connectivity index (χ2n) is 5.13. The molecule has 17 heavy (non-hydrogen) atoms. The molecule has 1 rings (SSSR count). The van der Waals surface area contributed by atoms with Gasteiger partial charge in [-0.05, 0) is 0 Å².